The predicted molar refractivity (Wildman–Crippen MR) is 193 cm³/mol. The van der Waals surface area contributed by atoms with Crippen LogP contribution >= 0.6 is 0 Å². The van der Waals surface area contributed by atoms with E-state index in [0.29, 0.717) is 28.4 Å². The van der Waals surface area contributed by atoms with Gasteiger partial charge >= 0.3 is 16.2 Å². The zero-order chi connectivity index (χ0) is 39.2. The molecule has 2 N–H and O–H groups in total. The van der Waals surface area contributed by atoms with Gasteiger partial charge in [0.15, 0.2) is 41.8 Å². The minimum atomic E-state index is -4.39. The summed E-state index contributed by atoms with van der Waals surface area (Å²) < 4.78 is 71.3. The van der Waals surface area contributed by atoms with Crippen LogP contribution in [0, 0.1) is 20.8 Å². The van der Waals surface area contributed by atoms with Crippen molar-refractivity contribution in [2.24, 2.45) is 0 Å². The highest BCUT2D eigenvalue weighted by atomic mass is 32.2. The molecule has 1 fully saturated rings. The van der Waals surface area contributed by atoms with Gasteiger partial charge in [0.05, 0.1) is 40.2 Å². The second-order valence-corrected chi connectivity index (χ2v) is 13.9. The molecule has 0 aliphatic carbocycles. The normalized spacial score (nSPS) is 16.6. The monoisotopic (exact) mass is 758 g/mol. The molecule has 4 rings (SSSR count). The smallest absolute Gasteiger partial charge is 0.413 e. The number of carbonyl (C=O) groups excluding carboxylic acids is 2. The number of amides is 2. The summed E-state index contributed by atoms with van der Waals surface area (Å²) in [6.45, 7) is 8.23. The van der Waals surface area contributed by atoms with Crippen LogP contribution in [0.5, 0.6) is 34.5 Å². The van der Waals surface area contributed by atoms with Crippen LogP contribution < -0.4 is 33.2 Å². The van der Waals surface area contributed by atoms with Crippen molar-refractivity contribution >= 4 is 28.2 Å². The lowest BCUT2D eigenvalue weighted by molar-refractivity contribution is -0.133. The number of rotatable bonds is 14. The summed E-state index contributed by atoms with van der Waals surface area (Å²) in [4.78, 5) is 28.5. The number of methoxy groups -OCH3 is 5. The first-order valence-electron chi connectivity index (χ1n) is 16.4. The third-order valence-electron chi connectivity index (χ3n) is 8.35. The van der Waals surface area contributed by atoms with Crippen molar-refractivity contribution in [3.8, 4) is 34.5 Å². The van der Waals surface area contributed by atoms with Crippen molar-refractivity contribution in [3.63, 3.8) is 0 Å². The van der Waals surface area contributed by atoms with Gasteiger partial charge in [0, 0.05) is 35.8 Å². The van der Waals surface area contributed by atoms with E-state index in [4.69, 9.17) is 37.3 Å². The van der Waals surface area contributed by atoms with Crippen molar-refractivity contribution in [2.45, 2.75) is 64.3 Å². The number of nitrogens with zero attached hydrogens (tertiary/aromatic N) is 1. The van der Waals surface area contributed by atoms with E-state index in [-0.39, 0.29) is 52.2 Å². The quantitative estimate of drug-likeness (QED) is 0.172. The van der Waals surface area contributed by atoms with E-state index in [1.165, 1.54) is 59.8 Å². The summed E-state index contributed by atoms with van der Waals surface area (Å²) in [5.74, 6) is 0.587. The molecule has 16 heteroatoms. The van der Waals surface area contributed by atoms with Crippen LogP contribution in [-0.4, -0.2) is 91.1 Å². The summed E-state index contributed by atoms with van der Waals surface area (Å²) in [6, 6.07) is 7.78. The van der Waals surface area contributed by atoms with Crippen LogP contribution in [0.4, 0.5) is 4.79 Å². The molecule has 1 heterocycles. The fourth-order valence-electron chi connectivity index (χ4n) is 5.86. The Balaban J connectivity index is 1.86. The van der Waals surface area contributed by atoms with Gasteiger partial charge in [0.2, 0.25) is 5.91 Å². The Morgan fingerprint density at radius 2 is 1.47 bits per heavy atom. The topological polar surface area (TPSA) is 178 Å². The molecule has 1 saturated heterocycles. The average molecular weight is 759 g/mol. The van der Waals surface area contributed by atoms with Gasteiger partial charge in [-0.2, -0.15) is 8.42 Å². The molecule has 15 nitrogen and oxygen atoms in total. The Kier molecular flexibility index (Phi) is 13.1. The molecule has 2 unspecified atom stereocenters. The van der Waals surface area contributed by atoms with Crippen LogP contribution in [-0.2, 0) is 30.8 Å². The molecule has 53 heavy (non-hydrogen) atoms. The van der Waals surface area contributed by atoms with Gasteiger partial charge in [-0.1, -0.05) is 17.7 Å². The molecule has 288 valence electrons. The summed E-state index contributed by atoms with van der Waals surface area (Å²) >= 11 is 0. The van der Waals surface area contributed by atoms with Crippen LogP contribution in [0.2, 0.25) is 0 Å². The second-order valence-electron chi connectivity index (χ2n) is 12.3. The first kappa shape index (κ1) is 40.6. The Hall–Kier alpha value is -5.19. The van der Waals surface area contributed by atoms with Gasteiger partial charge in [0.25, 0.3) is 0 Å². The fourth-order valence-corrected chi connectivity index (χ4v) is 6.87. The largest absolute Gasteiger partial charge is 0.493 e. The van der Waals surface area contributed by atoms with Gasteiger partial charge < -0.3 is 47.8 Å². The number of aliphatic hydroxyl groups excluding tert-OH is 1. The van der Waals surface area contributed by atoms with Gasteiger partial charge in [-0.25, -0.2) is 4.79 Å². The predicted octanol–water partition coefficient (Wildman–Crippen LogP) is 4.64. The summed E-state index contributed by atoms with van der Waals surface area (Å²) in [6.07, 6.45) is -2.28. The first-order chi connectivity index (χ1) is 25.1. The third kappa shape index (κ3) is 8.72. The maximum absolute atomic E-state index is 14.0. The van der Waals surface area contributed by atoms with E-state index in [9.17, 15) is 23.1 Å². The minimum absolute atomic E-state index is 0.0755. The van der Waals surface area contributed by atoms with Crippen LogP contribution in [0.3, 0.4) is 0 Å². The van der Waals surface area contributed by atoms with Crippen molar-refractivity contribution < 1.29 is 60.5 Å². The van der Waals surface area contributed by atoms with Crippen molar-refractivity contribution in [3.05, 3.63) is 69.9 Å². The summed E-state index contributed by atoms with van der Waals surface area (Å²) in [7, 11) is 2.77. The number of aryl methyl sites for hydroxylation is 1. The highest BCUT2D eigenvalue weighted by molar-refractivity contribution is 7.87. The number of ether oxygens (including phenoxy) is 7. The number of benzene rings is 3. The Morgan fingerprint density at radius 1 is 0.887 bits per heavy atom. The van der Waals surface area contributed by atoms with Gasteiger partial charge in [0.1, 0.15) is 16.7 Å². The van der Waals surface area contributed by atoms with Crippen LogP contribution in [0.15, 0.2) is 47.0 Å². The Morgan fingerprint density at radius 3 is 2.02 bits per heavy atom. The summed E-state index contributed by atoms with van der Waals surface area (Å²) in [5, 5.41) is 14.5. The second kappa shape index (κ2) is 17.1. The number of hydrogen-bond donors (Lipinski definition) is 2. The average Bonchev–Trinajstić information content (AvgIpc) is 3.11. The van der Waals surface area contributed by atoms with Crippen molar-refractivity contribution in [1.82, 2.24) is 10.2 Å². The molecule has 0 spiro atoms. The molecule has 0 saturated carbocycles. The molecule has 1 aliphatic heterocycles. The molecule has 2 amide bonds. The van der Waals surface area contributed by atoms with Crippen LogP contribution in [0.25, 0.3) is 6.08 Å². The lowest BCUT2D eigenvalue weighted by Gasteiger charge is -2.40. The zero-order valence-corrected chi connectivity index (χ0v) is 32.2. The Labute approximate surface area is 309 Å². The number of hydrogen-bond acceptors (Lipinski definition) is 13. The summed E-state index contributed by atoms with van der Waals surface area (Å²) in [5.41, 5.74) is 1.96. The van der Waals surface area contributed by atoms with E-state index in [0.717, 1.165) is 10.5 Å². The number of aliphatic hydroxyl groups is 1. The SMILES string of the molecule is COCOc1c(CC2C(=O)N/C(=C\c3cc(OC)c(OC)c(C)c3OS(=O)(=O)c3ccc(C)cc3)C(O)N2C(=O)OC(C)C)cc(OC)c(OC)c1C. The van der Waals surface area contributed by atoms with E-state index in [1.807, 2.05) is 6.92 Å². The minimum Gasteiger partial charge on any atom is -0.493 e. The van der Waals surface area contributed by atoms with Crippen molar-refractivity contribution in [1.29, 1.82) is 0 Å². The Bertz CT molecular complexity index is 1960. The van der Waals surface area contributed by atoms with E-state index in [2.05, 4.69) is 5.32 Å². The molecule has 0 bridgehead atoms. The van der Waals surface area contributed by atoms with E-state index < -0.39 is 40.5 Å². The zero-order valence-electron chi connectivity index (χ0n) is 31.4. The molecular formula is C37H46N2O13S. The molecule has 2 atom stereocenters. The van der Waals surface area contributed by atoms with Gasteiger partial charge in [-0.3, -0.25) is 9.69 Å². The van der Waals surface area contributed by atoms with Crippen molar-refractivity contribution in [2.75, 3.05) is 42.3 Å². The van der Waals surface area contributed by atoms with Gasteiger partial charge in [-0.15, -0.1) is 0 Å². The van der Waals surface area contributed by atoms with E-state index >= 15 is 0 Å². The first-order valence-corrected chi connectivity index (χ1v) is 17.8. The van der Waals surface area contributed by atoms with E-state index in [1.54, 1.807) is 45.9 Å². The standard InChI is InChI=1S/C37H46N2O13S/c1-20(2)51-37(42)39-28(16-25-18-30(47-8)33(48-9)22(4)31(25)50-19-45-6)35(40)38-27(36(39)41)15-24-17-29(46-7)34(49-10)23(5)32(24)52-53(43,44)26-13-11-21(3)12-14-26/h11-15,17-18,20,28,36,41H,16,19H2,1-10H3,(H,38,40)/b27-15-. The lowest BCUT2D eigenvalue weighted by atomic mass is 9.97. The highest BCUT2D eigenvalue weighted by Gasteiger charge is 2.43. The fraction of sp³-hybridized carbons (Fsp3) is 0.405. The maximum Gasteiger partial charge on any atom is 0.413 e. The number of nitrogens with one attached hydrogen (secondary N) is 1. The highest BCUT2D eigenvalue weighted by Crippen LogP contribution is 2.43. The molecule has 3 aromatic rings. The van der Waals surface area contributed by atoms with Gasteiger partial charge in [-0.05, 0) is 65.0 Å². The molecule has 0 radical (unpaired) electrons. The molecular weight excluding hydrogens is 712 g/mol. The van der Waals surface area contributed by atoms with Crippen LogP contribution in [0.1, 0.15) is 41.7 Å². The molecule has 0 aromatic heterocycles. The molecule has 1 aliphatic rings. The lowest BCUT2D eigenvalue weighted by Crippen LogP contribution is -2.62. The third-order valence-corrected chi connectivity index (χ3v) is 9.58. The molecule has 3 aromatic carbocycles. The number of carbonyl (C=O) groups is 2. The number of piperazine rings is 1. The maximum atomic E-state index is 14.0.